The van der Waals surface area contributed by atoms with Crippen molar-refractivity contribution in [2.45, 2.75) is 64.3 Å². The average Bonchev–Trinajstić information content (AvgIpc) is 2.65. The molecule has 1 aliphatic rings. The first-order valence-electron chi connectivity index (χ1n) is 10.00. The number of hydrogen-bond donors (Lipinski definition) is 0. The molecule has 1 saturated heterocycles. The van der Waals surface area contributed by atoms with Crippen LogP contribution in [-0.4, -0.2) is 49.7 Å². The normalized spacial score (nSPS) is 17.5. The first kappa shape index (κ1) is 21.9. The van der Waals surface area contributed by atoms with Crippen molar-refractivity contribution >= 4 is 15.9 Å². The van der Waals surface area contributed by atoms with Gasteiger partial charge in [-0.25, -0.2) is 8.42 Å². The lowest BCUT2D eigenvalue weighted by molar-refractivity contribution is -0.137. The zero-order valence-electron chi connectivity index (χ0n) is 17.3. The van der Waals surface area contributed by atoms with Gasteiger partial charge >= 0.3 is 0 Å². The van der Waals surface area contributed by atoms with E-state index in [2.05, 4.69) is 20.8 Å². The van der Waals surface area contributed by atoms with E-state index in [9.17, 15) is 13.2 Å². The molecule has 1 heterocycles. The maximum Gasteiger partial charge on any atom is 0.243 e. The fraction of sp³-hybridized carbons (Fsp3) is 0.667. The van der Waals surface area contributed by atoms with Gasteiger partial charge in [0, 0.05) is 32.1 Å². The second kappa shape index (κ2) is 9.20. The highest BCUT2D eigenvalue weighted by molar-refractivity contribution is 7.89. The van der Waals surface area contributed by atoms with Gasteiger partial charge in [-0.2, -0.15) is 4.31 Å². The van der Waals surface area contributed by atoms with Crippen LogP contribution in [0.15, 0.2) is 29.2 Å². The maximum atomic E-state index is 12.9. The van der Waals surface area contributed by atoms with Crippen molar-refractivity contribution in [3.63, 3.8) is 0 Å². The summed E-state index contributed by atoms with van der Waals surface area (Å²) in [5, 5.41) is 0. The van der Waals surface area contributed by atoms with Crippen LogP contribution in [0.2, 0.25) is 0 Å². The minimum Gasteiger partial charge on any atom is -0.342 e. The summed E-state index contributed by atoms with van der Waals surface area (Å²) in [6.45, 7) is 9.52. The summed E-state index contributed by atoms with van der Waals surface area (Å²) in [5.41, 5.74) is 0.931. The number of carbonyl (C=O) groups excluding carboxylic acids is 1. The summed E-state index contributed by atoms with van der Waals surface area (Å²) >= 11 is 0. The lowest BCUT2D eigenvalue weighted by Gasteiger charge is -2.37. The molecule has 6 heteroatoms. The quantitative estimate of drug-likeness (QED) is 0.709. The van der Waals surface area contributed by atoms with E-state index in [1.165, 1.54) is 4.31 Å². The third-order valence-corrected chi connectivity index (χ3v) is 7.46. The molecule has 0 bridgehead atoms. The molecule has 0 unspecified atom stereocenters. The van der Waals surface area contributed by atoms with Crippen LogP contribution in [0.1, 0.15) is 52.0 Å². The number of aryl methyl sites for hydroxylation is 1. The zero-order valence-corrected chi connectivity index (χ0v) is 18.1. The fourth-order valence-corrected chi connectivity index (χ4v) is 5.38. The zero-order chi connectivity index (χ0) is 20.2. The molecule has 0 spiro atoms. The molecule has 5 nitrogen and oxygen atoms in total. The van der Waals surface area contributed by atoms with Gasteiger partial charge in [-0.3, -0.25) is 4.79 Å². The minimum absolute atomic E-state index is 0.0651. The largest absolute Gasteiger partial charge is 0.342 e. The Kier molecular flexibility index (Phi) is 7.46. The van der Waals surface area contributed by atoms with Gasteiger partial charge < -0.3 is 4.90 Å². The van der Waals surface area contributed by atoms with Crippen LogP contribution in [-0.2, 0) is 14.8 Å². The molecule has 1 aromatic carbocycles. The van der Waals surface area contributed by atoms with Crippen molar-refractivity contribution in [2.24, 2.45) is 11.8 Å². The summed E-state index contributed by atoms with van der Waals surface area (Å²) in [4.78, 5) is 15.1. The summed E-state index contributed by atoms with van der Waals surface area (Å²) < 4.78 is 27.3. The van der Waals surface area contributed by atoms with Crippen LogP contribution in [0.5, 0.6) is 0 Å². The van der Waals surface area contributed by atoms with E-state index in [0.29, 0.717) is 36.7 Å². The molecule has 1 aliphatic heterocycles. The number of carbonyl (C=O) groups is 1. The number of likely N-dealkylation sites (tertiary alicyclic amines) is 1. The summed E-state index contributed by atoms with van der Waals surface area (Å²) in [6.07, 6.45) is 3.15. The standard InChI is InChI=1S/C21H34N2O3S/c1-6-18(14-16(2)3)21(24)23-12-10-19(11-13-23)22(5)27(25,26)20-9-7-8-17(4)15-20/h7-9,15-16,18-19H,6,10-14H2,1-5H3/t18-/m1/s1. The smallest absolute Gasteiger partial charge is 0.243 e. The van der Waals surface area contributed by atoms with Gasteiger partial charge in [-0.05, 0) is 56.2 Å². The predicted octanol–water partition coefficient (Wildman–Crippen LogP) is 3.68. The van der Waals surface area contributed by atoms with Gasteiger partial charge in [-0.1, -0.05) is 32.9 Å². The van der Waals surface area contributed by atoms with Gasteiger partial charge in [-0.15, -0.1) is 0 Å². The van der Waals surface area contributed by atoms with Crippen molar-refractivity contribution in [3.05, 3.63) is 29.8 Å². The van der Waals surface area contributed by atoms with E-state index in [4.69, 9.17) is 0 Å². The van der Waals surface area contributed by atoms with E-state index in [1.54, 1.807) is 25.2 Å². The monoisotopic (exact) mass is 394 g/mol. The average molecular weight is 395 g/mol. The predicted molar refractivity (Wildman–Crippen MR) is 109 cm³/mol. The topological polar surface area (TPSA) is 57.7 Å². The van der Waals surface area contributed by atoms with Crippen LogP contribution >= 0.6 is 0 Å². The lowest BCUT2D eigenvalue weighted by Crippen LogP contribution is -2.48. The van der Waals surface area contributed by atoms with E-state index in [0.717, 1.165) is 18.4 Å². The minimum atomic E-state index is -3.51. The number of benzene rings is 1. The maximum absolute atomic E-state index is 12.9. The van der Waals surface area contributed by atoms with Gasteiger partial charge in [0.15, 0.2) is 0 Å². The molecule has 2 rings (SSSR count). The molecule has 0 aliphatic carbocycles. The Balaban J connectivity index is 2.01. The van der Waals surface area contributed by atoms with E-state index in [1.807, 2.05) is 17.9 Å². The van der Waals surface area contributed by atoms with E-state index >= 15 is 0 Å². The Bertz CT molecular complexity index is 738. The SMILES string of the molecule is CC[C@H](CC(C)C)C(=O)N1CCC(N(C)S(=O)(=O)c2cccc(C)c2)CC1. The van der Waals surface area contributed by atoms with Crippen LogP contribution in [0.4, 0.5) is 0 Å². The first-order chi connectivity index (χ1) is 12.7. The molecule has 1 atom stereocenters. The van der Waals surface area contributed by atoms with Crippen molar-refractivity contribution in [2.75, 3.05) is 20.1 Å². The molecule has 0 saturated carbocycles. The number of hydrogen-bond acceptors (Lipinski definition) is 3. The molecule has 0 aromatic heterocycles. The van der Waals surface area contributed by atoms with Gasteiger partial charge in [0.1, 0.15) is 0 Å². The number of amides is 1. The Morgan fingerprint density at radius 1 is 1.26 bits per heavy atom. The van der Waals surface area contributed by atoms with Crippen LogP contribution in [0.25, 0.3) is 0 Å². The lowest BCUT2D eigenvalue weighted by atomic mass is 9.92. The molecular formula is C21H34N2O3S. The highest BCUT2D eigenvalue weighted by Crippen LogP contribution is 2.25. The van der Waals surface area contributed by atoms with Crippen molar-refractivity contribution in [1.29, 1.82) is 0 Å². The number of piperidine rings is 1. The molecule has 27 heavy (non-hydrogen) atoms. The van der Waals surface area contributed by atoms with Crippen LogP contribution < -0.4 is 0 Å². The summed E-state index contributed by atoms with van der Waals surface area (Å²) in [5.74, 6) is 0.811. The molecular weight excluding hydrogens is 360 g/mol. The Labute approximate surface area is 164 Å². The van der Waals surface area contributed by atoms with E-state index < -0.39 is 10.0 Å². The van der Waals surface area contributed by atoms with Crippen molar-refractivity contribution < 1.29 is 13.2 Å². The van der Waals surface area contributed by atoms with Gasteiger partial charge in [0.25, 0.3) is 0 Å². The van der Waals surface area contributed by atoms with Crippen LogP contribution in [0, 0.1) is 18.8 Å². The third-order valence-electron chi connectivity index (χ3n) is 5.55. The molecule has 152 valence electrons. The summed E-state index contributed by atoms with van der Waals surface area (Å²) in [7, 11) is -1.85. The second-order valence-electron chi connectivity index (χ2n) is 8.13. The van der Waals surface area contributed by atoms with Crippen LogP contribution in [0.3, 0.4) is 0 Å². The second-order valence-corrected chi connectivity index (χ2v) is 10.1. The number of sulfonamides is 1. The van der Waals surface area contributed by atoms with Gasteiger partial charge in [0.05, 0.1) is 4.90 Å². The fourth-order valence-electron chi connectivity index (χ4n) is 3.86. The van der Waals surface area contributed by atoms with Gasteiger partial charge in [0.2, 0.25) is 15.9 Å². The number of rotatable bonds is 7. The van der Waals surface area contributed by atoms with E-state index in [-0.39, 0.29) is 17.9 Å². The molecule has 0 radical (unpaired) electrons. The Morgan fingerprint density at radius 2 is 1.89 bits per heavy atom. The first-order valence-corrected chi connectivity index (χ1v) is 11.4. The Morgan fingerprint density at radius 3 is 2.41 bits per heavy atom. The van der Waals surface area contributed by atoms with Crippen molar-refractivity contribution in [1.82, 2.24) is 9.21 Å². The Hall–Kier alpha value is -1.40. The highest BCUT2D eigenvalue weighted by Gasteiger charge is 2.33. The molecule has 1 amide bonds. The molecule has 1 fully saturated rings. The number of nitrogens with zero attached hydrogens (tertiary/aromatic N) is 2. The highest BCUT2D eigenvalue weighted by atomic mass is 32.2. The molecule has 1 aromatic rings. The summed E-state index contributed by atoms with van der Waals surface area (Å²) in [6, 6.07) is 6.96. The third kappa shape index (κ3) is 5.32. The molecule has 0 N–H and O–H groups in total. The van der Waals surface area contributed by atoms with Crippen molar-refractivity contribution in [3.8, 4) is 0 Å².